The molecule has 0 radical (unpaired) electrons. The number of rotatable bonds is 4. The van der Waals surface area contributed by atoms with Gasteiger partial charge in [-0.15, -0.1) is 0 Å². The summed E-state index contributed by atoms with van der Waals surface area (Å²) in [5, 5.41) is 11.6. The van der Waals surface area contributed by atoms with Gasteiger partial charge in [-0.3, -0.25) is 4.90 Å². The molecule has 2 heterocycles. The van der Waals surface area contributed by atoms with Crippen molar-refractivity contribution in [1.82, 2.24) is 9.80 Å². The van der Waals surface area contributed by atoms with E-state index in [-0.39, 0.29) is 0 Å². The number of piperidine rings is 1. The minimum Gasteiger partial charge on any atom is -0.388 e. The molecule has 0 saturated carbocycles. The van der Waals surface area contributed by atoms with Gasteiger partial charge in [-0.25, -0.2) is 0 Å². The highest BCUT2D eigenvalue weighted by molar-refractivity contribution is 6.30. The average molecular weight is 309 g/mol. The van der Waals surface area contributed by atoms with Crippen molar-refractivity contribution in [3.05, 3.63) is 34.9 Å². The number of hydrogen-bond acceptors (Lipinski definition) is 3. The largest absolute Gasteiger partial charge is 0.388 e. The summed E-state index contributed by atoms with van der Waals surface area (Å²) < 4.78 is 0. The van der Waals surface area contributed by atoms with Gasteiger partial charge in [0, 0.05) is 31.2 Å². The van der Waals surface area contributed by atoms with Crippen molar-refractivity contribution in [3.63, 3.8) is 0 Å². The monoisotopic (exact) mass is 308 g/mol. The van der Waals surface area contributed by atoms with E-state index in [0.717, 1.165) is 57.1 Å². The van der Waals surface area contributed by atoms with Gasteiger partial charge in [-0.1, -0.05) is 23.7 Å². The molecule has 1 aromatic rings. The number of hydrogen-bond donors (Lipinski definition) is 1. The van der Waals surface area contributed by atoms with Gasteiger partial charge in [0.25, 0.3) is 0 Å². The van der Waals surface area contributed by atoms with Crippen LogP contribution < -0.4 is 0 Å². The summed E-state index contributed by atoms with van der Waals surface area (Å²) in [6.45, 7) is 6.10. The van der Waals surface area contributed by atoms with Gasteiger partial charge in [0.15, 0.2) is 0 Å². The van der Waals surface area contributed by atoms with Gasteiger partial charge in [0.2, 0.25) is 0 Å². The van der Waals surface area contributed by atoms with Gasteiger partial charge in [0.1, 0.15) is 0 Å². The van der Waals surface area contributed by atoms with E-state index in [2.05, 4.69) is 21.9 Å². The third kappa shape index (κ3) is 4.19. The molecule has 0 aliphatic carbocycles. The molecule has 0 bridgehead atoms. The molecule has 21 heavy (non-hydrogen) atoms. The van der Waals surface area contributed by atoms with E-state index in [0.29, 0.717) is 0 Å². The molecular weight excluding hydrogens is 284 g/mol. The fourth-order valence-corrected chi connectivity index (χ4v) is 3.62. The summed E-state index contributed by atoms with van der Waals surface area (Å²) >= 11 is 5.92. The van der Waals surface area contributed by atoms with Crippen molar-refractivity contribution in [2.75, 3.05) is 32.7 Å². The second kappa shape index (κ2) is 6.66. The highest BCUT2D eigenvalue weighted by Crippen LogP contribution is 2.26. The van der Waals surface area contributed by atoms with E-state index in [1.165, 1.54) is 18.4 Å². The Labute approximate surface area is 132 Å². The molecule has 3 rings (SSSR count). The molecule has 1 aromatic carbocycles. The van der Waals surface area contributed by atoms with Crippen LogP contribution in [0.15, 0.2) is 24.3 Å². The van der Waals surface area contributed by atoms with Crippen LogP contribution in [0.3, 0.4) is 0 Å². The first-order chi connectivity index (χ1) is 10.1. The number of β-amino-alcohol motifs (C(OH)–C–C–N with tert-alkyl or cyclic N) is 1. The third-order valence-electron chi connectivity index (χ3n) is 4.82. The molecule has 2 aliphatic rings. The van der Waals surface area contributed by atoms with E-state index >= 15 is 0 Å². The van der Waals surface area contributed by atoms with Crippen molar-refractivity contribution in [3.8, 4) is 0 Å². The average Bonchev–Trinajstić information content (AvgIpc) is 2.97. The Morgan fingerprint density at radius 1 is 0.952 bits per heavy atom. The molecule has 2 fully saturated rings. The molecule has 0 amide bonds. The normalized spacial score (nSPS) is 23.5. The lowest BCUT2D eigenvalue weighted by Gasteiger charge is -2.40. The quantitative estimate of drug-likeness (QED) is 0.926. The van der Waals surface area contributed by atoms with Gasteiger partial charge >= 0.3 is 0 Å². The lowest BCUT2D eigenvalue weighted by atomic mass is 9.90. The fraction of sp³-hybridized carbons (Fsp3) is 0.647. The first-order valence-electron chi connectivity index (χ1n) is 8.05. The van der Waals surface area contributed by atoms with E-state index in [1.807, 2.05) is 12.1 Å². The molecule has 0 aromatic heterocycles. The molecular formula is C17H25ClN2O. The Kier molecular flexibility index (Phi) is 4.85. The van der Waals surface area contributed by atoms with Crippen LogP contribution in [0, 0.1) is 0 Å². The zero-order chi connectivity index (χ0) is 14.7. The maximum absolute atomic E-state index is 10.8. The standard InChI is InChI=1S/C17H25ClN2O/c18-16-5-3-15(4-6-16)13-19-11-7-17(21,8-12-19)14-20-9-1-2-10-20/h3-6,21H,1-2,7-14H2. The SMILES string of the molecule is OC1(CN2CCCC2)CCN(Cc2ccc(Cl)cc2)CC1. The summed E-state index contributed by atoms with van der Waals surface area (Å²) in [6, 6.07) is 8.08. The van der Waals surface area contributed by atoms with Crippen LogP contribution in [0.4, 0.5) is 0 Å². The summed E-state index contributed by atoms with van der Waals surface area (Å²) in [5.41, 5.74) is 0.824. The Morgan fingerprint density at radius 3 is 2.19 bits per heavy atom. The van der Waals surface area contributed by atoms with Crippen LogP contribution in [0.5, 0.6) is 0 Å². The summed E-state index contributed by atoms with van der Waals surface area (Å²) in [5.74, 6) is 0. The third-order valence-corrected chi connectivity index (χ3v) is 5.07. The van der Waals surface area contributed by atoms with Crippen molar-refractivity contribution >= 4 is 11.6 Å². The van der Waals surface area contributed by atoms with E-state index in [1.54, 1.807) is 0 Å². The zero-order valence-corrected chi connectivity index (χ0v) is 13.4. The van der Waals surface area contributed by atoms with Gasteiger partial charge in [-0.05, 0) is 56.5 Å². The predicted molar refractivity (Wildman–Crippen MR) is 86.6 cm³/mol. The molecule has 0 atom stereocenters. The topological polar surface area (TPSA) is 26.7 Å². The van der Waals surface area contributed by atoms with E-state index in [9.17, 15) is 5.11 Å². The summed E-state index contributed by atoms with van der Waals surface area (Å²) in [7, 11) is 0. The van der Waals surface area contributed by atoms with Crippen molar-refractivity contribution in [2.24, 2.45) is 0 Å². The Balaban J connectivity index is 1.48. The van der Waals surface area contributed by atoms with Crippen LogP contribution in [-0.2, 0) is 6.54 Å². The molecule has 3 nitrogen and oxygen atoms in total. The van der Waals surface area contributed by atoms with Gasteiger partial charge in [0.05, 0.1) is 5.60 Å². The Morgan fingerprint density at radius 2 is 1.57 bits per heavy atom. The van der Waals surface area contributed by atoms with Crippen molar-refractivity contribution < 1.29 is 5.11 Å². The highest BCUT2D eigenvalue weighted by atomic mass is 35.5. The minimum absolute atomic E-state index is 0.471. The maximum atomic E-state index is 10.8. The predicted octanol–water partition coefficient (Wildman–Crippen LogP) is 2.76. The molecule has 2 aliphatic heterocycles. The molecule has 0 spiro atoms. The number of benzene rings is 1. The van der Waals surface area contributed by atoms with Crippen LogP contribution in [0.25, 0.3) is 0 Å². The van der Waals surface area contributed by atoms with Crippen LogP contribution in [0.1, 0.15) is 31.2 Å². The molecule has 0 unspecified atom stereocenters. The Bertz CT molecular complexity index is 448. The molecule has 116 valence electrons. The lowest BCUT2D eigenvalue weighted by Crippen LogP contribution is -2.50. The second-order valence-electron chi connectivity index (χ2n) is 6.61. The first-order valence-corrected chi connectivity index (χ1v) is 8.42. The zero-order valence-electron chi connectivity index (χ0n) is 12.6. The Hall–Kier alpha value is -0.610. The maximum Gasteiger partial charge on any atom is 0.0798 e. The summed E-state index contributed by atoms with van der Waals surface area (Å²) in [6.07, 6.45) is 4.35. The minimum atomic E-state index is -0.471. The number of halogens is 1. The van der Waals surface area contributed by atoms with Crippen molar-refractivity contribution in [1.29, 1.82) is 0 Å². The number of nitrogens with zero attached hydrogens (tertiary/aromatic N) is 2. The smallest absolute Gasteiger partial charge is 0.0798 e. The molecule has 1 N–H and O–H groups in total. The second-order valence-corrected chi connectivity index (χ2v) is 7.05. The van der Waals surface area contributed by atoms with E-state index in [4.69, 9.17) is 11.6 Å². The van der Waals surface area contributed by atoms with Crippen LogP contribution in [-0.4, -0.2) is 53.2 Å². The first kappa shape index (κ1) is 15.3. The van der Waals surface area contributed by atoms with Crippen LogP contribution >= 0.6 is 11.6 Å². The molecule has 2 saturated heterocycles. The van der Waals surface area contributed by atoms with Crippen molar-refractivity contribution in [2.45, 2.75) is 37.8 Å². The van der Waals surface area contributed by atoms with Crippen LogP contribution in [0.2, 0.25) is 5.02 Å². The number of likely N-dealkylation sites (tertiary alicyclic amines) is 2. The summed E-state index contributed by atoms with van der Waals surface area (Å²) in [4.78, 5) is 4.86. The lowest BCUT2D eigenvalue weighted by molar-refractivity contribution is -0.0430. The van der Waals surface area contributed by atoms with Gasteiger partial charge in [-0.2, -0.15) is 0 Å². The fourth-order valence-electron chi connectivity index (χ4n) is 3.49. The van der Waals surface area contributed by atoms with E-state index < -0.39 is 5.60 Å². The van der Waals surface area contributed by atoms with Gasteiger partial charge < -0.3 is 10.0 Å². The molecule has 4 heteroatoms. The highest BCUT2D eigenvalue weighted by Gasteiger charge is 2.34. The number of aliphatic hydroxyl groups is 1.